The van der Waals surface area contributed by atoms with Crippen molar-refractivity contribution in [3.05, 3.63) is 43.7 Å². The van der Waals surface area contributed by atoms with E-state index in [-0.39, 0.29) is 0 Å². The third kappa shape index (κ3) is 3.31. The number of nitrogens with zero attached hydrogens (tertiary/aromatic N) is 2. The number of benzene rings is 1. The maximum absolute atomic E-state index is 4.61. The lowest BCUT2D eigenvalue weighted by Crippen LogP contribution is -2.09. The smallest absolute Gasteiger partial charge is 0.0767 e. The molecule has 0 aliphatic heterocycles. The first-order chi connectivity index (χ1) is 9.17. The summed E-state index contributed by atoms with van der Waals surface area (Å²) in [4.78, 5) is 0. The summed E-state index contributed by atoms with van der Waals surface area (Å²) >= 11 is 6.02. The lowest BCUT2D eigenvalue weighted by atomic mass is 10.3. The Labute approximate surface area is 136 Å². The van der Waals surface area contributed by atoms with Gasteiger partial charge in [0.15, 0.2) is 0 Å². The second-order valence-electron chi connectivity index (χ2n) is 4.21. The highest BCUT2D eigenvalue weighted by Gasteiger charge is 2.13. The van der Waals surface area contributed by atoms with E-state index in [9.17, 15) is 0 Å². The summed E-state index contributed by atoms with van der Waals surface area (Å²) in [7, 11) is 0. The average molecular weight is 434 g/mol. The summed E-state index contributed by atoms with van der Waals surface area (Å²) in [5, 5.41) is 8.09. The predicted molar refractivity (Wildman–Crippen MR) is 91.5 cm³/mol. The van der Waals surface area contributed by atoms with Crippen LogP contribution in [0.4, 0.5) is 5.69 Å². The van der Waals surface area contributed by atoms with Crippen molar-refractivity contribution in [2.24, 2.45) is 0 Å². The van der Waals surface area contributed by atoms with E-state index in [0.29, 0.717) is 0 Å². The lowest BCUT2D eigenvalue weighted by Gasteiger charge is -2.10. The number of hydrogen-bond donors (Lipinski definition) is 1. The van der Waals surface area contributed by atoms with Gasteiger partial charge in [-0.1, -0.05) is 19.1 Å². The fourth-order valence-corrected chi connectivity index (χ4v) is 3.25. The second-order valence-corrected chi connectivity index (χ2v) is 6.17. The van der Waals surface area contributed by atoms with Gasteiger partial charge in [0.1, 0.15) is 0 Å². The summed E-state index contributed by atoms with van der Waals surface area (Å²) in [6.45, 7) is 5.92. The van der Waals surface area contributed by atoms with Gasteiger partial charge in [-0.25, -0.2) is 0 Å². The molecule has 2 aromatic rings. The second kappa shape index (κ2) is 6.74. The molecule has 0 amide bonds. The molecular weight excluding hydrogens is 417 g/mol. The van der Waals surface area contributed by atoms with Crippen LogP contribution in [0.15, 0.2) is 28.7 Å². The summed E-state index contributed by atoms with van der Waals surface area (Å²) in [6, 6.07) is 8.30. The van der Waals surface area contributed by atoms with Crippen molar-refractivity contribution in [3.8, 4) is 0 Å². The van der Waals surface area contributed by atoms with Crippen LogP contribution >= 0.6 is 38.5 Å². The molecule has 0 unspecified atom stereocenters. The Morgan fingerprint density at radius 3 is 2.68 bits per heavy atom. The monoisotopic (exact) mass is 433 g/mol. The van der Waals surface area contributed by atoms with Crippen molar-refractivity contribution in [2.75, 3.05) is 5.32 Å². The topological polar surface area (TPSA) is 29.9 Å². The zero-order valence-corrected chi connectivity index (χ0v) is 14.8. The highest BCUT2D eigenvalue weighted by Crippen LogP contribution is 2.24. The van der Waals surface area contributed by atoms with Gasteiger partial charge in [0.2, 0.25) is 0 Å². The molecule has 0 fully saturated rings. The van der Waals surface area contributed by atoms with Crippen LogP contribution in [-0.4, -0.2) is 9.78 Å². The van der Waals surface area contributed by atoms with Crippen LogP contribution in [-0.2, 0) is 19.5 Å². The highest BCUT2D eigenvalue weighted by atomic mass is 127. The molecule has 5 heteroatoms. The summed E-state index contributed by atoms with van der Waals surface area (Å²) in [6.07, 6.45) is 0.948. The quantitative estimate of drug-likeness (QED) is 0.706. The van der Waals surface area contributed by atoms with Gasteiger partial charge in [-0.2, -0.15) is 5.10 Å². The fraction of sp³-hybridized carbons (Fsp3) is 0.357. The Morgan fingerprint density at radius 2 is 2.05 bits per heavy atom. The summed E-state index contributed by atoms with van der Waals surface area (Å²) < 4.78 is 4.43. The number of nitrogens with one attached hydrogen (secondary N) is 1. The Kier molecular flexibility index (Phi) is 5.27. The van der Waals surface area contributed by atoms with Crippen LogP contribution in [0.5, 0.6) is 0 Å². The Bertz CT molecular complexity index is 566. The van der Waals surface area contributed by atoms with Crippen LogP contribution in [0, 0.1) is 3.57 Å². The number of aryl methyl sites for hydroxylation is 2. The van der Waals surface area contributed by atoms with Crippen LogP contribution in [0.2, 0.25) is 0 Å². The molecular formula is C14H17BrIN3. The minimum Gasteiger partial charge on any atom is -0.379 e. The molecule has 0 radical (unpaired) electrons. The Hall–Kier alpha value is -0.560. The Morgan fingerprint density at radius 1 is 1.32 bits per heavy atom. The van der Waals surface area contributed by atoms with E-state index < -0.39 is 0 Å². The first-order valence-electron chi connectivity index (χ1n) is 6.39. The molecule has 0 aliphatic carbocycles. The zero-order valence-electron chi connectivity index (χ0n) is 11.1. The van der Waals surface area contributed by atoms with Gasteiger partial charge in [0, 0.05) is 15.8 Å². The van der Waals surface area contributed by atoms with E-state index in [1.807, 2.05) is 12.1 Å². The molecule has 0 atom stereocenters. The number of aromatic nitrogens is 2. The van der Waals surface area contributed by atoms with E-state index in [0.717, 1.165) is 35.4 Å². The normalized spacial score (nSPS) is 10.7. The number of rotatable bonds is 5. The molecule has 0 saturated heterocycles. The first kappa shape index (κ1) is 14.8. The van der Waals surface area contributed by atoms with Crippen LogP contribution in [0.1, 0.15) is 25.2 Å². The molecule has 1 aromatic carbocycles. The number of para-hydroxylation sites is 1. The van der Waals surface area contributed by atoms with Gasteiger partial charge < -0.3 is 5.32 Å². The fourth-order valence-electron chi connectivity index (χ4n) is 1.97. The molecule has 0 spiro atoms. The van der Waals surface area contributed by atoms with Crippen molar-refractivity contribution in [3.63, 3.8) is 0 Å². The van der Waals surface area contributed by atoms with Crippen molar-refractivity contribution in [1.82, 2.24) is 9.78 Å². The standard InChI is InChI=1S/C14H17BrIN3/c1-3-11-14(15)13(19(4-2)18-11)9-17-12-8-6-5-7-10(12)16/h5-8,17H,3-4,9H2,1-2H3. The first-order valence-corrected chi connectivity index (χ1v) is 8.27. The molecule has 1 heterocycles. The van der Waals surface area contributed by atoms with Crippen molar-refractivity contribution in [1.29, 1.82) is 0 Å². The van der Waals surface area contributed by atoms with Crippen LogP contribution in [0.25, 0.3) is 0 Å². The molecule has 1 aromatic heterocycles. The molecule has 0 aliphatic rings. The maximum atomic E-state index is 4.61. The van der Waals surface area contributed by atoms with E-state index >= 15 is 0 Å². The van der Waals surface area contributed by atoms with Crippen molar-refractivity contribution < 1.29 is 0 Å². The van der Waals surface area contributed by atoms with Crippen LogP contribution < -0.4 is 5.32 Å². The summed E-state index contributed by atoms with van der Waals surface area (Å²) in [5.74, 6) is 0. The predicted octanol–water partition coefficient (Wildman–Crippen LogP) is 4.44. The maximum Gasteiger partial charge on any atom is 0.0767 e. The lowest BCUT2D eigenvalue weighted by molar-refractivity contribution is 0.619. The van der Waals surface area contributed by atoms with E-state index in [1.54, 1.807) is 0 Å². The largest absolute Gasteiger partial charge is 0.379 e. The number of halogens is 2. The van der Waals surface area contributed by atoms with E-state index in [1.165, 1.54) is 9.26 Å². The molecule has 1 N–H and O–H groups in total. The van der Waals surface area contributed by atoms with Gasteiger partial charge in [-0.05, 0) is 64.0 Å². The average Bonchev–Trinajstić information content (AvgIpc) is 2.74. The van der Waals surface area contributed by atoms with E-state index in [4.69, 9.17) is 0 Å². The third-order valence-corrected chi connectivity index (χ3v) is 4.87. The van der Waals surface area contributed by atoms with Crippen molar-refractivity contribution >= 4 is 44.2 Å². The minimum atomic E-state index is 0.779. The third-order valence-electron chi connectivity index (χ3n) is 3.01. The zero-order chi connectivity index (χ0) is 13.8. The van der Waals surface area contributed by atoms with Crippen LogP contribution in [0.3, 0.4) is 0 Å². The molecule has 102 valence electrons. The minimum absolute atomic E-state index is 0.779. The molecule has 3 nitrogen and oxygen atoms in total. The van der Waals surface area contributed by atoms with Crippen molar-refractivity contribution in [2.45, 2.75) is 33.4 Å². The summed E-state index contributed by atoms with van der Waals surface area (Å²) in [5.41, 5.74) is 3.50. The molecule has 2 rings (SSSR count). The molecule has 0 saturated carbocycles. The van der Waals surface area contributed by atoms with Gasteiger partial charge in [-0.15, -0.1) is 0 Å². The molecule has 0 bridgehead atoms. The Balaban J connectivity index is 2.20. The number of hydrogen-bond acceptors (Lipinski definition) is 2. The van der Waals surface area contributed by atoms with Gasteiger partial charge in [0.05, 0.1) is 22.4 Å². The van der Waals surface area contributed by atoms with Gasteiger partial charge in [0.25, 0.3) is 0 Å². The van der Waals surface area contributed by atoms with Gasteiger partial charge >= 0.3 is 0 Å². The molecule has 19 heavy (non-hydrogen) atoms. The van der Waals surface area contributed by atoms with E-state index in [2.05, 4.69) is 79.6 Å². The SMILES string of the molecule is CCc1nn(CC)c(CNc2ccccc2I)c1Br. The highest BCUT2D eigenvalue weighted by molar-refractivity contribution is 14.1. The number of anilines is 1. The van der Waals surface area contributed by atoms with Gasteiger partial charge in [-0.3, -0.25) is 4.68 Å².